The maximum atomic E-state index is 13.0. The lowest BCUT2D eigenvalue weighted by Gasteiger charge is -2.19. The summed E-state index contributed by atoms with van der Waals surface area (Å²) in [5.74, 6) is -3.24. The smallest absolute Gasteiger partial charge is 0.339 e. The number of nitrogens with two attached hydrogens (primary N) is 1. The fraction of sp³-hybridized carbons (Fsp3) is 0.130. The van der Waals surface area contributed by atoms with E-state index in [2.05, 4.69) is 0 Å². The third kappa shape index (κ3) is 3.28. The van der Waals surface area contributed by atoms with Gasteiger partial charge in [0.25, 0.3) is 5.56 Å². The molecule has 0 unspecified atom stereocenters. The number of benzene rings is 2. The third-order valence-corrected chi connectivity index (χ3v) is 5.50. The molecule has 0 amide bonds. The summed E-state index contributed by atoms with van der Waals surface area (Å²) in [6, 6.07) is 10.4. The van der Waals surface area contributed by atoms with Crippen LogP contribution in [0.4, 0.5) is 5.82 Å². The summed E-state index contributed by atoms with van der Waals surface area (Å²) < 4.78 is 6.69. The molecule has 0 saturated heterocycles. The van der Waals surface area contributed by atoms with E-state index in [0.29, 0.717) is 4.57 Å². The lowest BCUT2D eigenvalue weighted by Crippen LogP contribution is -2.42. The number of nitrogens with zero attached hydrogens (tertiary/aromatic N) is 2. The number of aromatic nitrogens is 2. The van der Waals surface area contributed by atoms with Crippen LogP contribution >= 0.6 is 0 Å². The largest absolute Gasteiger partial charge is 0.454 e. The molecule has 4 rings (SSSR count). The van der Waals surface area contributed by atoms with Gasteiger partial charge in [0, 0.05) is 36.3 Å². The Bertz CT molecular complexity index is 1510. The van der Waals surface area contributed by atoms with Gasteiger partial charge in [0.2, 0.25) is 5.78 Å². The number of esters is 1. The fourth-order valence-corrected chi connectivity index (χ4v) is 3.72. The Hall–Kier alpha value is -4.60. The van der Waals surface area contributed by atoms with E-state index >= 15 is 0 Å². The summed E-state index contributed by atoms with van der Waals surface area (Å²) in [6.45, 7) is -0.862. The van der Waals surface area contributed by atoms with Crippen LogP contribution in [0.1, 0.15) is 52.6 Å². The number of anilines is 1. The zero-order chi connectivity index (χ0) is 24.0. The minimum Gasteiger partial charge on any atom is -0.454 e. The van der Waals surface area contributed by atoms with Gasteiger partial charge < -0.3 is 10.5 Å². The second-order valence-electron chi connectivity index (χ2n) is 7.40. The maximum Gasteiger partial charge on any atom is 0.339 e. The summed E-state index contributed by atoms with van der Waals surface area (Å²) in [5.41, 5.74) is 3.75. The molecule has 0 aliphatic heterocycles. The van der Waals surface area contributed by atoms with Crippen molar-refractivity contribution in [2.75, 3.05) is 12.3 Å². The van der Waals surface area contributed by atoms with Crippen molar-refractivity contribution in [1.29, 1.82) is 0 Å². The molecule has 1 heterocycles. The Morgan fingerprint density at radius 2 is 1.45 bits per heavy atom. The molecule has 33 heavy (non-hydrogen) atoms. The highest BCUT2D eigenvalue weighted by Gasteiger charge is 2.33. The molecule has 2 N–H and O–H groups in total. The topological polar surface area (TPSA) is 148 Å². The summed E-state index contributed by atoms with van der Waals surface area (Å²) in [7, 11) is 2.47. The number of fused-ring (bicyclic) bond motifs is 2. The molecule has 3 aromatic rings. The van der Waals surface area contributed by atoms with Crippen LogP contribution in [0.2, 0.25) is 0 Å². The first-order chi connectivity index (χ1) is 15.6. The molecule has 10 nitrogen and oxygen atoms in total. The number of Topliss-reactive ketones (excluding diaryl/α,β-unsaturated/α-hetero) is 1. The van der Waals surface area contributed by atoms with Gasteiger partial charge in [-0.3, -0.25) is 28.3 Å². The number of carbonyl (C=O) groups excluding carboxylic acids is 4. The van der Waals surface area contributed by atoms with Gasteiger partial charge in [-0.2, -0.15) is 0 Å². The molecule has 1 aliphatic rings. The predicted octanol–water partition coefficient (Wildman–Crippen LogP) is 0.481. The molecular formula is C23H17N3O7. The van der Waals surface area contributed by atoms with E-state index < -0.39 is 46.7 Å². The molecule has 0 saturated carbocycles. The minimum atomic E-state index is -1.03. The van der Waals surface area contributed by atoms with Gasteiger partial charge >= 0.3 is 11.7 Å². The van der Waals surface area contributed by atoms with E-state index in [0.717, 1.165) is 4.57 Å². The highest BCUT2D eigenvalue weighted by atomic mass is 16.5. The zero-order valence-electron chi connectivity index (χ0n) is 17.6. The quantitative estimate of drug-likeness (QED) is 0.351. The van der Waals surface area contributed by atoms with E-state index in [-0.39, 0.29) is 33.6 Å². The second-order valence-corrected chi connectivity index (χ2v) is 7.40. The van der Waals surface area contributed by atoms with Gasteiger partial charge in [0.15, 0.2) is 18.2 Å². The summed E-state index contributed by atoms with van der Waals surface area (Å²) in [5, 5.41) is 0. The molecule has 2 aromatic carbocycles. The molecule has 0 spiro atoms. The number of rotatable bonds is 4. The van der Waals surface area contributed by atoms with Crippen molar-refractivity contribution in [2.45, 2.75) is 0 Å². The van der Waals surface area contributed by atoms with Crippen molar-refractivity contribution in [3.63, 3.8) is 0 Å². The van der Waals surface area contributed by atoms with Crippen LogP contribution in [0, 0.1) is 0 Å². The lowest BCUT2D eigenvalue weighted by atomic mass is 9.82. The van der Waals surface area contributed by atoms with E-state index in [1.807, 2.05) is 0 Å². The number of ketones is 3. The first kappa shape index (κ1) is 21.6. The fourth-order valence-electron chi connectivity index (χ4n) is 3.72. The average molecular weight is 447 g/mol. The van der Waals surface area contributed by atoms with E-state index in [4.69, 9.17) is 10.5 Å². The van der Waals surface area contributed by atoms with Crippen LogP contribution in [0.25, 0.3) is 0 Å². The molecule has 0 radical (unpaired) electrons. The molecule has 0 bridgehead atoms. The second kappa shape index (κ2) is 7.83. The minimum absolute atomic E-state index is 0.0515. The van der Waals surface area contributed by atoms with Crippen molar-refractivity contribution in [2.24, 2.45) is 14.1 Å². The highest BCUT2D eigenvalue weighted by Crippen LogP contribution is 2.29. The van der Waals surface area contributed by atoms with Gasteiger partial charge in [0.1, 0.15) is 11.4 Å². The Balaban J connectivity index is 1.65. The first-order valence-corrected chi connectivity index (χ1v) is 9.72. The van der Waals surface area contributed by atoms with Gasteiger partial charge in [-0.05, 0) is 6.07 Å². The number of hydrogen-bond donors (Lipinski definition) is 1. The number of hydrogen-bond acceptors (Lipinski definition) is 8. The van der Waals surface area contributed by atoms with Crippen LogP contribution in [-0.4, -0.2) is 39.1 Å². The predicted molar refractivity (Wildman–Crippen MR) is 116 cm³/mol. The molecule has 1 aromatic heterocycles. The lowest BCUT2D eigenvalue weighted by molar-refractivity contribution is 0.0472. The van der Waals surface area contributed by atoms with E-state index in [1.54, 1.807) is 12.1 Å². The average Bonchev–Trinajstić information content (AvgIpc) is 2.83. The van der Waals surface area contributed by atoms with Crippen molar-refractivity contribution in [3.8, 4) is 0 Å². The normalized spacial score (nSPS) is 12.2. The van der Waals surface area contributed by atoms with Crippen LogP contribution in [0.5, 0.6) is 0 Å². The van der Waals surface area contributed by atoms with Crippen molar-refractivity contribution < 1.29 is 23.9 Å². The monoisotopic (exact) mass is 447 g/mol. The van der Waals surface area contributed by atoms with Crippen molar-refractivity contribution in [3.05, 3.63) is 96.7 Å². The molecule has 0 fully saturated rings. The first-order valence-electron chi connectivity index (χ1n) is 9.72. The van der Waals surface area contributed by atoms with Crippen molar-refractivity contribution >= 4 is 29.1 Å². The Labute approximate surface area is 185 Å². The summed E-state index contributed by atoms with van der Waals surface area (Å²) in [6.07, 6.45) is 0. The highest BCUT2D eigenvalue weighted by molar-refractivity contribution is 6.30. The standard InChI is InChI=1S/C23H17N3O7/c1-25-20(24)17(21(30)26(2)23(25)32)15(27)10-33-22(31)14-9-5-8-13-16(14)19(29)12-7-4-3-6-11(12)18(13)28/h3-9H,10,24H2,1-2H3. The van der Waals surface area contributed by atoms with Gasteiger partial charge in [-0.25, -0.2) is 9.59 Å². The SMILES string of the molecule is Cn1c(N)c(C(=O)COC(=O)c2cccc3c2C(=O)c2ccccc2C3=O)c(=O)n(C)c1=O. The van der Waals surface area contributed by atoms with Crippen LogP contribution in [-0.2, 0) is 18.8 Å². The molecular weight excluding hydrogens is 430 g/mol. The summed E-state index contributed by atoms with van der Waals surface area (Å²) >= 11 is 0. The zero-order valence-corrected chi connectivity index (χ0v) is 17.6. The van der Waals surface area contributed by atoms with E-state index in [9.17, 15) is 28.8 Å². The third-order valence-electron chi connectivity index (χ3n) is 5.50. The van der Waals surface area contributed by atoms with Crippen LogP contribution < -0.4 is 17.0 Å². The number of nitrogen functional groups attached to an aromatic ring is 1. The maximum absolute atomic E-state index is 13.0. The molecule has 10 heteroatoms. The van der Waals surface area contributed by atoms with Gasteiger partial charge in [-0.15, -0.1) is 0 Å². The number of ether oxygens (including phenoxy) is 1. The van der Waals surface area contributed by atoms with Gasteiger partial charge in [-0.1, -0.05) is 36.4 Å². The Morgan fingerprint density at radius 1 is 0.848 bits per heavy atom. The molecule has 0 atom stereocenters. The van der Waals surface area contributed by atoms with Crippen LogP contribution in [0.15, 0.2) is 52.1 Å². The number of carbonyl (C=O) groups is 4. The Kier molecular flexibility index (Phi) is 5.13. The molecule has 1 aliphatic carbocycles. The molecule has 166 valence electrons. The van der Waals surface area contributed by atoms with Gasteiger partial charge in [0.05, 0.1) is 5.56 Å². The van der Waals surface area contributed by atoms with Crippen LogP contribution in [0.3, 0.4) is 0 Å². The Morgan fingerprint density at radius 3 is 2.12 bits per heavy atom. The van der Waals surface area contributed by atoms with Crippen molar-refractivity contribution in [1.82, 2.24) is 9.13 Å². The van der Waals surface area contributed by atoms with E-state index in [1.165, 1.54) is 44.4 Å². The summed E-state index contributed by atoms with van der Waals surface area (Å²) in [4.78, 5) is 75.4.